The van der Waals surface area contributed by atoms with Crippen molar-refractivity contribution >= 4 is 30.1 Å². The monoisotopic (exact) mass is 515 g/mol. The summed E-state index contributed by atoms with van der Waals surface area (Å²) in [4.78, 5) is 39.1. The van der Waals surface area contributed by atoms with E-state index in [4.69, 9.17) is 9.47 Å². The molecule has 11 heteroatoms. The van der Waals surface area contributed by atoms with Crippen LogP contribution in [-0.2, 0) is 0 Å². The molecule has 0 radical (unpaired) electrons. The first-order valence-corrected chi connectivity index (χ1v) is 12.1. The molecule has 0 unspecified atom stereocenters. The smallest absolute Gasteiger partial charge is 0.254 e. The third-order valence-corrected chi connectivity index (χ3v) is 6.21. The highest BCUT2D eigenvalue weighted by molar-refractivity contribution is 7.99. The number of hydrogen-bond donors (Lipinski definition) is 1. The molecular weight excluding hydrogens is 490 g/mol. The van der Waals surface area contributed by atoms with Crippen LogP contribution in [0, 0.1) is 13.8 Å². The highest BCUT2D eigenvalue weighted by Crippen LogP contribution is 2.33. The minimum atomic E-state index is -0.286. The molecule has 4 aromatic rings. The summed E-state index contributed by atoms with van der Waals surface area (Å²) in [5, 5.41) is 3.49. The van der Waals surface area contributed by atoms with Crippen LogP contribution in [0.25, 0.3) is 22.6 Å². The van der Waals surface area contributed by atoms with Crippen LogP contribution < -0.4 is 14.8 Å². The fourth-order valence-corrected chi connectivity index (χ4v) is 4.24. The van der Waals surface area contributed by atoms with Gasteiger partial charge in [-0.15, -0.1) is 0 Å². The van der Waals surface area contributed by atoms with Crippen LogP contribution >= 0.6 is 11.8 Å². The number of ether oxygens (including phenoxy) is 2. The normalized spacial score (nSPS) is 10.6. The van der Waals surface area contributed by atoms with Crippen LogP contribution in [0.4, 0.5) is 5.69 Å². The number of carbonyl (C=O) groups is 1. The summed E-state index contributed by atoms with van der Waals surface area (Å²) in [6.07, 6.45) is 6.38. The molecule has 37 heavy (non-hydrogen) atoms. The number of rotatable bonds is 9. The van der Waals surface area contributed by atoms with E-state index in [1.54, 1.807) is 51.1 Å². The Bertz CT molecular complexity index is 1450. The van der Waals surface area contributed by atoms with E-state index in [2.05, 4.69) is 41.9 Å². The summed E-state index contributed by atoms with van der Waals surface area (Å²) >= 11 is 1.30. The zero-order valence-corrected chi connectivity index (χ0v) is 21.7. The second-order valence-corrected chi connectivity index (χ2v) is 8.78. The lowest BCUT2D eigenvalue weighted by Gasteiger charge is -2.14. The fraction of sp³-hybridized carbons (Fsp3) is 0.192. The van der Waals surface area contributed by atoms with Crippen molar-refractivity contribution in [3.8, 4) is 34.1 Å². The van der Waals surface area contributed by atoms with Crippen molar-refractivity contribution in [2.24, 2.45) is 4.99 Å². The summed E-state index contributed by atoms with van der Waals surface area (Å²) < 4.78 is 10.6. The van der Waals surface area contributed by atoms with Crippen LogP contribution in [-0.4, -0.2) is 57.6 Å². The van der Waals surface area contributed by atoms with Crippen LogP contribution in [0.2, 0.25) is 0 Å². The average molecular weight is 516 g/mol. The van der Waals surface area contributed by atoms with Crippen molar-refractivity contribution in [3.63, 3.8) is 0 Å². The third kappa shape index (κ3) is 5.89. The molecule has 0 aliphatic heterocycles. The van der Waals surface area contributed by atoms with Gasteiger partial charge in [0.1, 0.15) is 27.9 Å². The number of aromatic nitrogens is 5. The van der Waals surface area contributed by atoms with Crippen LogP contribution in [0.1, 0.15) is 21.7 Å². The van der Waals surface area contributed by atoms with E-state index >= 15 is 0 Å². The van der Waals surface area contributed by atoms with Gasteiger partial charge in [-0.25, -0.2) is 15.0 Å². The van der Waals surface area contributed by atoms with Crippen LogP contribution in [0.5, 0.6) is 11.5 Å². The molecule has 10 nitrogen and oxygen atoms in total. The maximum absolute atomic E-state index is 13.2. The molecule has 4 heterocycles. The first kappa shape index (κ1) is 25.7. The minimum absolute atomic E-state index is 0.230. The number of thioether (sulfide) groups is 1. The number of carbonyl (C=O) groups excluding carboxylic acids is 1. The molecule has 1 N–H and O–H groups in total. The number of pyridine rings is 3. The Morgan fingerprint density at radius 2 is 1.73 bits per heavy atom. The van der Waals surface area contributed by atoms with Gasteiger partial charge in [-0.05, 0) is 44.8 Å². The Morgan fingerprint density at radius 1 is 0.973 bits per heavy atom. The van der Waals surface area contributed by atoms with Gasteiger partial charge in [-0.1, -0.05) is 11.8 Å². The number of amides is 1. The quantitative estimate of drug-likeness (QED) is 0.149. The van der Waals surface area contributed by atoms with Crippen molar-refractivity contribution in [1.29, 1.82) is 0 Å². The molecule has 0 saturated carbocycles. The summed E-state index contributed by atoms with van der Waals surface area (Å²) in [6, 6.07) is 7.30. The molecule has 0 aliphatic rings. The predicted octanol–water partition coefficient (Wildman–Crippen LogP) is 4.44. The highest BCUT2D eigenvalue weighted by atomic mass is 32.2. The Labute approximate surface area is 218 Å². The van der Waals surface area contributed by atoms with Gasteiger partial charge in [-0.3, -0.25) is 19.8 Å². The number of hydrogen-bond acceptors (Lipinski definition) is 10. The topological polar surface area (TPSA) is 124 Å². The van der Waals surface area contributed by atoms with Crippen molar-refractivity contribution in [2.45, 2.75) is 18.9 Å². The molecule has 1 amide bonds. The first-order valence-electron chi connectivity index (χ1n) is 11.2. The van der Waals surface area contributed by atoms with Gasteiger partial charge < -0.3 is 14.8 Å². The fourth-order valence-electron chi connectivity index (χ4n) is 3.48. The second kappa shape index (κ2) is 11.6. The Morgan fingerprint density at radius 3 is 2.41 bits per heavy atom. The molecule has 0 spiro atoms. The van der Waals surface area contributed by atoms with Crippen molar-refractivity contribution in [1.82, 2.24) is 30.2 Å². The molecule has 0 atom stereocenters. The minimum Gasteiger partial charge on any atom is -0.495 e. The number of methoxy groups -OCH3 is 2. The number of nitrogens with zero attached hydrogens (tertiary/aromatic N) is 6. The third-order valence-electron chi connectivity index (χ3n) is 5.35. The SMILES string of the molecule is C=Nc1cnc(-c2ccc(OC)cn2)nc1SCNC(=O)c1cnc(C)cc1-c1cc(C)ncc1OC. The lowest BCUT2D eigenvalue weighted by Crippen LogP contribution is -2.24. The number of nitrogens with one attached hydrogen (secondary N) is 1. The summed E-state index contributed by atoms with van der Waals surface area (Å²) in [5.74, 6) is 1.57. The summed E-state index contributed by atoms with van der Waals surface area (Å²) in [5.41, 5.74) is 4.57. The zero-order chi connectivity index (χ0) is 26.4. The van der Waals surface area contributed by atoms with Crippen molar-refractivity contribution in [3.05, 3.63) is 66.0 Å². The van der Waals surface area contributed by atoms with E-state index in [-0.39, 0.29) is 11.8 Å². The summed E-state index contributed by atoms with van der Waals surface area (Å²) in [6.45, 7) is 7.35. The van der Waals surface area contributed by atoms with E-state index < -0.39 is 0 Å². The zero-order valence-electron chi connectivity index (χ0n) is 20.8. The van der Waals surface area contributed by atoms with Gasteiger partial charge in [0.05, 0.1) is 44.3 Å². The van der Waals surface area contributed by atoms with E-state index in [0.717, 1.165) is 17.0 Å². The maximum atomic E-state index is 13.2. The average Bonchev–Trinajstić information content (AvgIpc) is 2.92. The lowest BCUT2D eigenvalue weighted by atomic mass is 9.99. The standard InChI is InChI=1S/C26H25N7O3S/c1-15-8-18(19-9-16(2)29-13-23(19)36-5)20(11-28-15)25(34)32-14-37-26-22(27-3)12-31-24(33-26)21-7-6-17(35-4)10-30-21/h6-13H,3,14H2,1-2,4-5H3,(H,32,34). The molecule has 4 rings (SSSR count). The second-order valence-electron chi connectivity index (χ2n) is 7.82. The Balaban J connectivity index is 1.54. The molecule has 0 aliphatic carbocycles. The van der Waals surface area contributed by atoms with Gasteiger partial charge >= 0.3 is 0 Å². The molecule has 0 fully saturated rings. The molecular formula is C26H25N7O3S. The van der Waals surface area contributed by atoms with E-state index in [9.17, 15) is 4.79 Å². The molecule has 188 valence electrons. The summed E-state index contributed by atoms with van der Waals surface area (Å²) in [7, 11) is 3.15. The Hall–Kier alpha value is -4.38. The highest BCUT2D eigenvalue weighted by Gasteiger charge is 2.18. The van der Waals surface area contributed by atoms with E-state index in [1.165, 1.54) is 11.8 Å². The lowest BCUT2D eigenvalue weighted by molar-refractivity contribution is 0.0961. The molecule has 4 aromatic heterocycles. The Kier molecular flexibility index (Phi) is 8.04. The van der Waals surface area contributed by atoms with Crippen molar-refractivity contribution in [2.75, 3.05) is 20.1 Å². The van der Waals surface area contributed by atoms with Gasteiger partial charge in [0, 0.05) is 28.7 Å². The predicted molar refractivity (Wildman–Crippen MR) is 143 cm³/mol. The maximum Gasteiger partial charge on any atom is 0.254 e. The largest absolute Gasteiger partial charge is 0.495 e. The van der Waals surface area contributed by atoms with Gasteiger partial charge in [-0.2, -0.15) is 0 Å². The van der Waals surface area contributed by atoms with E-state index in [1.807, 2.05) is 26.0 Å². The first-order chi connectivity index (χ1) is 17.9. The van der Waals surface area contributed by atoms with Gasteiger partial charge in [0.2, 0.25) is 0 Å². The van der Waals surface area contributed by atoms with Gasteiger partial charge in [0.15, 0.2) is 5.82 Å². The number of aliphatic imine (C=N–C) groups is 1. The molecule has 0 aromatic carbocycles. The van der Waals surface area contributed by atoms with Crippen molar-refractivity contribution < 1.29 is 14.3 Å². The van der Waals surface area contributed by atoms with Gasteiger partial charge in [0.25, 0.3) is 5.91 Å². The van der Waals surface area contributed by atoms with E-state index in [0.29, 0.717) is 44.9 Å². The van der Waals surface area contributed by atoms with Crippen LogP contribution in [0.15, 0.2) is 59.1 Å². The molecule has 0 bridgehead atoms. The number of aryl methyl sites for hydroxylation is 2. The van der Waals surface area contributed by atoms with Crippen LogP contribution in [0.3, 0.4) is 0 Å². The molecule has 0 saturated heterocycles.